The zero-order valence-corrected chi connectivity index (χ0v) is 14.7. The molecular formula is C15H23N3O4S. The quantitative estimate of drug-likeness (QED) is 0.613. The first-order chi connectivity index (χ1) is 10.6. The van der Waals surface area contributed by atoms with Crippen molar-refractivity contribution in [2.24, 2.45) is 5.92 Å². The van der Waals surface area contributed by atoms with Crippen LogP contribution in [-0.4, -0.2) is 57.2 Å². The third kappa shape index (κ3) is 3.81. The normalized spacial score (nSPS) is 20.0. The molecule has 23 heavy (non-hydrogen) atoms. The smallest absolute Gasteiger partial charge is 0.293 e. The van der Waals surface area contributed by atoms with Crippen LogP contribution in [0.3, 0.4) is 0 Å². The number of likely N-dealkylation sites (N-methyl/N-ethyl adjacent to an activating group) is 1. The van der Waals surface area contributed by atoms with E-state index in [0.29, 0.717) is 18.2 Å². The molecule has 2 rings (SSSR count). The molecule has 0 bridgehead atoms. The molecule has 0 aromatic heterocycles. The Kier molecular flexibility index (Phi) is 4.95. The van der Waals surface area contributed by atoms with Gasteiger partial charge in [0.2, 0.25) is 0 Å². The highest BCUT2D eigenvalue weighted by Gasteiger charge is 2.32. The molecule has 0 amide bonds. The Bertz CT molecular complexity index is 703. The lowest BCUT2D eigenvalue weighted by molar-refractivity contribution is -0.384. The van der Waals surface area contributed by atoms with Crippen LogP contribution >= 0.6 is 0 Å². The molecule has 1 fully saturated rings. The van der Waals surface area contributed by atoms with Gasteiger partial charge < -0.3 is 9.80 Å². The van der Waals surface area contributed by atoms with Crippen LogP contribution in [0.15, 0.2) is 23.1 Å². The Hall–Kier alpha value is -1.67. The van der Waals surface area contributed by atoms with Gasteiger partial charge in [0, 0.05) is 38.0 Å². The van der Waals surface area contributed by atoms with E-state index in [-0.39, 0.29) is 16.6 Å². The van der Waals surface area contributed by atoms with E-state index in [9.17, 15) is 18.5 Å². The van der Waals surface area contributed by atoms with Gasteiger partial charge in [0.15, 0.2) is 9.84 Å². The molecule has 1 aromatic rings. The number of nitrogens with zero attached hydrogens (tertiary/aromatic N) is 3. The highest BCUT2D eigenvalue weighted by atomic mass is 32.2. The van der Waals surface area contributed by atoms with E-state index in [2.05, 4.69) is 18.7 Å². The predicted molar refractivity (Wildman–Crippen MR) is 89.7 cm³/mol. The van der Waals surface area contributed by atoms with Crippen molar-refractivity contribution in [2.45, 2.75) is 24.8 Å². The summed E-state index contributed by atoms with van der Waals surface area (Å²) >= 11 is 0. The van der Waals surface area contributed by atoms with Crippen LogP contribution < -0.4 is 4.90 Å². The minimum atomic E-state index is -3.48. The first kappa shape index (κ1) is 17.7. The van der Waals surface area contributed by atoms with E-state index in [1.54, 1.807) is 6.07 Å². The van der Waals surface area contributed by atoms with Gasteiger partial charge in [-0.15, -0.1) is 0 Å². The number of rotatable bonds is 4. The van der Waals surface area contributed by atoms with Crippen LogP contribution in [0.1, 0.15) is 13.8 Å². The first-order valence-electron chi connectivity index (χ1n) is 7.55. The summed E-state index contributed by atoms with van der Waals surface area (Å²) in [4.78, 5) is 15.2. The summed E-state index contributed by atoms with van der Waals surface area (Å²) in [6.07, 6.45) is 1.05. The number of anilines is 1. The van der Waals surface area contributed by atoms with Crippen molar-refractivity contribution in [3.05, 3.63) is 28.3 Å². The Morgan fingerprint density at radius 3 is 2.48 bits per heavy atom. The zero-order valence-electron chi connectivity index (χ0n) is 13.9. The molecule has 1 saturated heterocycles. The van der Waals surface area contributed by atoms with E-state index in [1.807, 2.05) is 11.9 Å². The van der Waals surface area contributed by atoms with Crippen LogP contribution in [0.2, 0.25) is 0 Å². The zero-order chi connectivity index (χ0) is 17.4. The van der Waals surface area contributed by atoms with Gasteiger partial charge >= 0.3 is 0 Å². The number of hydrogen-bond acceptors (Lipinski definition) is 6. The SMILES string of the molecule is CC(C)C1CN(C)CCN1c1ccc(S(C)(=O)=O)cc1[N+](=O)[O-]. The molecule has 1 aromatic carbocycles. The number of sulfone groups is 1. The van der Waals surface area contributed by atoms with Gasteiger partial charge in [-0.25, -0.2) is 8.42 Å². The highest BCUT2D eigenvalue weighted by Crippen LogP contribution is 2.34. The summed E-state index contributed by atoms with van der Waals surface area (Å²) < 4.78 is 23.3. The number of piperazine rings is 1. The van der Waals surface area contributed by atoms with E-state index < -0.39 is 14.8 Å². The number of hydrogen-bond donors (Lipinski definition) is 0. The lowest BCUT2D eigenvalue weighted by atomic mass is 9.98. The van der Waals surface area contributed by atoms with Crippen molar-refractivity contribution < 1.29 is 13.3 Å². The van der Waals surface area contributed by atoms with Crippen molar-refractivity contribution in [3.8, 4) is 0 Å². The lowest BCUT2D eigenvalue weighted by Crippen LogP contribution is -2.54. The molecule has 0 radical (unpaired) electrons. The summed E-state index contributed by atoms with van der Waals surface area (Å²) in [5, 5.41) is 11.5. The molecule has 7 nitrogen and oxygen atoms in total. The summed E-state index contributed by atoms with van der Waals surface area (Å²) in [5.41, 5.74) is 0.345. The van der Waals surface area contributed by atoms with E-state index in [0.717, 1.165) is 19.3 Å². The monoisotopic (exact) mass is 341 g/mol. The maximum absolute atomic E-state index is 11.7. The third-order valence-electron chi connectivity index (χ3n) is 4.27. The van der Waals surface area contributed by atoms with Gasteiger partial charge in [0.25, 0.3) is 5.69 Å². The topological polar surface area (TPSA) is 83.8 Å². The number of nitro groups is 1. The molecule has 128 valence electrons. The molecule has 1 unspecified atom stereocenters. The molecule has 0 aliphatic carbocycles. The highest BCUT2D eigenvalue weighted by molar-refractivity contribution is 7.90. The maximum atomic E-state index is 11.7. The van der Waals surface area contributed by atoms with Gasteiger partial charge in [-0.05, 0) is 25.1 Å². The second-order valence-electron chi connectivity index (χ2n) is 6.45. The van der Waals surface area contributed by atoms with Crippen LogP contribution in [0.5, 0.6) is 0 Å². The summed E-state index contributed by atoms with van der Waals surface area (Å²) in [5.74, 6) is 0.326. The minimum Gasteiger partial charge on any atom is -0.360 e. The summed E-state index contributed by atoms with van der Waals surface area (Å²) in [7, 11) is -1.44. The van der Waals surface area contributed by atoms with Crippen molar-refractivity contribution >= 4 is 21.2 Å². The van der Waals surface area contributed by atoms with Gasteiger partial charge in [-0.3, -0.25) is 10.1 Å². The summed E-state index contributed by atoms with van der Waals surface area (Å²) in [6.45, 7) is 6.50. The first-order valence-corrected chi connectivity index (χ1v) is 9.44. The van der Waals surface area contributed by atoms with E-state index in [1.165, 1.54) is 12.1 Å². The van der Waals surface area contributed by atoms with Gasteiger partial charge in [-0.2, -0.15) is 0 Å². The van der Waals surface area contributed by atoms with E-state index >= 15 is 0 Å². The molecule has 1 aliphatic heterocycles. The molecule has 0 spiro atoms. The Balaban J connectivity index is 2.51. The minimum absolute atomic E-state index is 0.0248. The maximum Gasteiger partial charge on any atom is 0.293 e. The van der Waals surface area contributed by atoms with Gasteiger partial charge in [-0.1, -0.05) is 13.8 Å². The fourth-order valence-electron chi connectivity index (χ4n) is 2.95. The van der Waals surface area contributed by atoms with Gasteiger partial charge in [0.1, 0.15) is 5.69 Å². The Morgan fingerprint density at radius 1 is 1.30 bits per heavy atom. The third-order valence-corrected chi connectivity index (χ3v) is 5.38. The van der Waals surface area contributed by atoms with Crippen LogP contribution in [0.25, 0.3) is 0 Å². The molecule has 1 heterocycles. The second-order valence-corrected chi connectivity index (χ2v) is 8.46. The fourth-order valence-corrected chi connectivity index (χ4v) is 3.59. The average Bonchev–Trinajstić information content (AvgIpc) is 2.45. The van der Waals surface area contributed by atoms with Crippen molar-refractivity contribution in [1.82, 2.24) is 4.90 Å². The fraction of sp³-hybridized carbons (Fsp3) is 0.600. The lowest BCUT2D eigenvalue weighted by Gasteiger charge is -2.43. The molecule has 0 N–H and O–H groups in total. The molecule has 1 aliphatic rings. The van der Waals surface area contributed by atoms with E-state index in [4.69, 9.17) is 0 Å². The van der Waals surface area contributed by atoms with Crippen LogP contribution in [-0.2, 0) is 9.84 Å². The van der Waals surface area contributed by atoms with Gasteiger partial charge in [0.05, 0.1) is 9.82 Å². The predicted octanol–water partition coefficient (Wildman–Crippen LogP) is 1.77. The van der Waals surface area contributed by atoms with Crippen molar-refractivity contribution in [2.75, 3.05) is 37.8 Å². The van der Waals surface area contributed by atoms with Crippen LogP contribution in [0.4, 0.5) is 11.4 Å². The second kappa shape index (κ2) is 6.45. The Morgan fingerprint density at radius 2 is 1.96 bits per heavy atom. The summed E-state index contributed by atoms with van der Waals surface area (Å²) in [6, 6.07) is 4.33. The number of nitro benzene ring substituents is 1. The van der Waals surface area contributed by atoms with Crippen molar-refractivity contribution in [3.63, 3.8) is 0 Å². The molecule has 8 heteroatoms. The van der Waals surface area contributed by atoms with Crippen molar-refractivity contribution in [1.29, 1.82) is 0 Å². The largest absolute Gasteiger partial charge is 0.360 e. The number of benzene rings is 1. The Labute approximate surface area is 137 Å². The molecule has 0 saturated carbocycles. The molecular weight excluding hydrogens is 318 g/mol. The average molecular weight is 341 g/mol. The molecule has 1 atom stereocenters. The standard InChI is InChI=1S/C15H23N3O4S/c1-11(2)15-10-16(3)7-8-17(15)13-6-5-12(23(4,21)22)9-14(13)18(19)20/h5-6,9,11,15H,7-8,10H2,1-4H3. The van der Waals surface area contributed by atoms with Crippen LogP contribution in [0, 0.1) is 16.0 Å².